The van der Waals surface area contributed by atoms with E-state index in [1.54, 1.807) is 12.1 Å². The summed E-state index contributed by atoms with van der Waals surface area (Å²) >= 11 is 3.31. The molecule has 1 amide bonds. The first kappa shape index (κ1) is 17.5. The highest BCUT2D eigenvalue weighted by atomic mass is 32.2. The van der Waals surface area contributed by atoms with Crippen LogP contribution >= 0.6 is 23.1 Å². The predicted molar refractivity (Wildman–Crippen MR) is 109 cm³/mol. The van der Waals surface area contributed by atoms with E-state index in [9.17, 15) is 9.18 Å². The summed E-state index contributed by atoms with van der Waals surface area (Å²) in [5.74, 6) is 1.87. The Morgan fingerprint density at radius 1 is 1.12 bits per heavy atom. The van der Waals surface area contributed by atoms with Crippen LogP contribution in [0.15, 0.2) is 48.5 Å². The van der Waals surface area contributed by atoms with Gasteiger partial charge in [-0.3, -0.25) is 9.69 Å². The highest BCUT2D eigenvalue weighted by Crippen LogP contribution is 2.28. The average Bonchev–Trinajstić information content (AvgIpc) is 3.09. The zero-order valence-electron chi connectivity index (χ0n) is 14.2. The molecule has 26 heavy (non-hydrogen) atoms. The largest absolute Gasteiger partial charge is 0.321 e. The molecule has 2 aromatic carbocycles. The zero-order chi connectivity index (χ0) is 17.9. The molecule has 0 atom stereocenters. The fourth-order valence-corrected chi connectivity index (χ4v) is 5.04. The van der Waals surface area contributed by atoms with Crippen molar-refractivity contribution in [1.82, 2.24) is 4.90 Å². The van der Waals surface area contributed by atoms with Crippen molar-refractivity contribution in [2.45, 2.75) is 6.54 Å². The van der Waals surface area contributed by atoms with Crippen molar-refractivity contribution in [1.29, 1.82) is 0 Å². The molecule has 0 radical (unpaired) electrons. The molecule has 0 unspecified atom stereocenters. The highest BCUT2D eigenvalue weighted by molar-refractivity contribution is 7.99. The molecule has 2 heterocycles. The van der Waals surface area contributed by atoms with Gasteiger partial charge < -0.3 is 5.32 Å². The van der Waals surface area contributed by atoms with E-state index in [0.717, 1.165) is 30.0 Å². The van der Waals surface area contributed by atoms with Crippen LogP contribution < -0.4 is 5.32 Å². The maximum absolute atomic E-state index is 13.8. The summed E-state index contributed by atoms with van der Waals surface area (Å²) in [6.07, 6.45) is 0. The van der Waals surface area contributed by atoms with Gasteiger partial charge >= 0.3 is 0 Å². The molecular weight excluding hydrogens is 367 g/mol. The topological polar surface area (TPSA) is 32.3 Å². The summed E-state index contributed by atoms with van der Waals surface area (Å²) in [7, 11) is 0. The first-order valence-corrected chi connectivity index (χ1v) is 10.5. The van der Waals surface area contributed by atoms with E-state index in [-0.39, 0.29) is 11.7 Å². The van der Waals surface area contributed by atoms with Crippen LogP contribution in [0, 0.1) is 5.82 Å². The number of hydrogen-bond donors (Lipinski definition) is 1. The molecule has 0 spiro atoms. The monoisotopic (exact) mass is 386 g/mol. The van der Waals surface area contributed by atoms with Crippen molar-refractivity contribution in [3.05, 3.63) is 64.8 Å². The third-order valence-electron chi connectivity index (χ3n) is 4.43. The number of benzene rings is 2. The van der Waals surface area contributed by atoms with Gasteiger partial charge in [0.2, 0.25) is 0 Å². The lowest BCUT2D eigenvalue weighted by molar-refractivity contribution is 0.103. The molecule has 3 nitrogen and oxygen atoms in total. The minimum Gasteiger partial charge on any atom is -0.321 e. The minimum atomic E-state index is -0.292. The first-order valence-electron chi connectivity index (χ1n) is 8.57. The maximum atomic E-state index is 13.8. The number of nitrogens with zero attached hydrogens (tertiary/aromatic N) is 1. The Hall–Kier alpha value is -1.89. The Labute approximate surface area is 160 Å². The van der Waals surface area contributed by atoms with E-state index in [0.29, 0.717) is 10.3 Å². The van der Waals surface area contributed by atoms with Gasteiger partial charge in [-0.2, -0.15) is 11.8 Å². The average molecular weight is 387 g/mol. The van der Waals surface area contributed by atoms with Gasteiger partial charge in [-0.25, -0.2) is 4.39 Å². The number of rotatable bonds is 4. The smallest absolute Gasteiger partial charge is 0.265 e. The molecule has 1 aliphatic heterocycles. The summed E-state index contributed by atoms with van der Waals surface area (Å²) < 4.78 is 14.6. The second-order valence-corrected chi connectivity index (χ2v) is 8.61. The van der Waals surface area contributed by atoms with E-state index in [4.69, 9.17) is 0 Å². The summed E-state index contributed by atoms with van der Waals surface area (Å²) in [6.45, 7) is 3.11. The van der Waals surface area contributed by atoms with Gasteiger partial charge in [0.1, 0.15) is 5.82 Å². The normalized spacial score (nSPS) is 15.3. The Balaban J connectivity index is 1.48. The number of carbonyl (C=O) groups excluding carboxylic acids is 1. The first-order chi connectivity index (χ1) is 12.7. The molecule has 1 saturated heterocycles. The number of halogens is 1. The molecule has 1 aromatic heterocycles. The fourth-order valence-electron chi connectivity index (χ4n) is 3.09. The second kappa shape index (κ2) is 7.78. The quantitative estimate of drug-likeness (QED) is 0.696. The van der Waals surface area contributed by atoms with Gasteiger partial charge in [0.25, 0.3) is 5.91 Å². The Kier molecular flexibility index (Phi) is 5.24. The maximum Gasteiger partial charge on any atom is 0.265 e. The minimum absolute atomic E-state index is 0.197. The van der Waals surface area contributed by atoms with Crippen LogP contribution in [0.2, 0.25) is 0 Å². The van der Waals surface area contributed by atoms with Gasteiger partial charge in [0.05, 0.1) is 4.88 Å². The standard InChI is InChI=1S/C20H19FN2OS2/c21-17-5-2-6-18-16(17)12-19(26-18)20(24)22-15-4-1-3-14(11-15)13-23-7-9-25-10-8-23/h1-6,11-12H,7-10,13H2,(H,22,24). The molecule has 0 aliphatic carbocycles. The molecular formula is C20H19FN2OS2. The molecule has 134 valence electrons. The summed E-state index contributed by atoms with van der Waals surface area (Å²) in [6, 6.07) is 14.5. The number of nitrogens with one attached hydrogen (secondary N) is 1. The van der Waals surface area contributed by atoms with Gasteiger partial charge in [-0.15, -0.1) is 11.3 Å². The van der Waals surface area contributed by atoms with Gasteiger partial charge in [-0.1, -0.05) is 18.2 Å². The highest BCUT2D eigenvalue weighted by Gasteiger charge is 2.14. The zero-order valence-corrected chi connectivity index (χ0v) is 15.8. The van der Waals surface area contributed by atoms with Crippen LogP contribution in [0.5, 0.6) is 0 Å². The number of hydrogen-bond acceptors (Lipinski definition) is 4. The molecule has 1 fully saturated rings. The summed E-state index contributed by atoms with van der Waals surface area (Å²) in [5, 5.41) is 3.44. The van der Waals surface area contributed by atoms with E-state index in [1.807, 2.05) is 36.0 Å². The van der Waals surface area contributed by atoms with Crippen molar-refractivity contribution in [3.63, 3.8) is 0 Å². The van der Waals surface area contributed by atoms with Crippen molar-refractivity contribution in [2.75, 3.05) is 29.9 Å². The number of carbonyl (C=O) groups is 1. The number of fused-ring (bicyclic) bond motifs is 1. The van der Waals surface area contributed by atoms with Crippen LogP contribution in [0.4, 0.5) is 10.1 Å². The fraction of sp³-hybridized carbons (Fsp3) is 0.250. The molecule has 1 aliphatic rings. The number of thiophene rings is 1. The van der Waals surface area contributed by atoms with Crippen LogP contribution in [-0.2, 0) is 6.54 Å². The second-order valence-electron chi connectivity index (χ2n) is 6.31. The van der Waals surface area contributed by atoms with Crippen molar-refractivity contribution in [2.24, 2.45) is 0 Å². The molecule has 4 rings (SSSR count). The van der Waals surface area contributed by atoms with Gasteiger partial charge in [-0.05, 0) is 35.9 Å². The number of amides is 1. The van der Waals surface area contributed by atoms with E-state index < -0.39 is 0 Å². The van der Waals surface area contributed by atoms with Crippen molar-refractivity contribution < 1.29 is 9.18 Å². The van der Waals surface area contributed by atoms with Crippen LogP contribution in [0.1, 0.15) is 15.2 Å². The van der Waals surface area contributed by atoms with E-state index in [1.165, 1.54) is 34.5 Å². The predicted octanol–water partition coefficient (Wildman–Crippen LogP) is 4.84. The third-order valence-corrected chi connectivity index (χ3v) is 6.47. The molecule has 0 saturated carbocycles. The van der Waals surface area contributed by atoms with Crippen LogP contribution in [0.25, 0.3) is 10.1 Å². The lowest BCUT2D eigenvalue weighted by atomic mass is 10.2. The molecule has 6 heteroatoms. The number of anilines is 1. The van der Waals surface area contributed by atoms with Crippen molar-refractivity contribution in [3.8, 4) is 0 Å². The van der Waals surface area contributed by atoms with E-state index in [2.05, 4.69) is 16.3 Å². The lowest BCUT2D eigenvalue weighted by Gasteiger charge is -2.26. The van der Waals surface area contributed by atoms with E-state index >= 15 is 0 Å². The van der Waals surface area contributed by atoms with Crippen molar-refractivity contribution >= 4 is 44.8 Å². The Bertz CT molecular complexity index is 934. The summed E-state index contributed by atoms with van der Waals surface area (Å²) in [4.78, 5) is 15.5. The van der Waals surface area contributed by atoms with Crippen LogP contribution in [-0.4, -0.2) is 35.4 Å². The number of thioether (sulfide) groups is 1. The van der Waals surface area contributed by atoms with Gasteiger partial charge in [0.15, 0.2) is 0 Å². The lowest BCUT2D eigenvalue weighted by Crippen LogP contribution is -2.31. The Morgan fingerprint density at radius 2 is 1.92 bits per heavy atom. The molecule has 1 N–H and O–H groups in total. The Morgan fingerprint density at radius 3 is 2.73 bits per heavy atom. The summed E-state index contributed by atoms with van der Waals surface area (Å²) in [5.41, 5.74) is 1.97. The third kappa shape index (κ3) is 3.92. The molecule has 0 bridgehead atoms. The molecule has 3 aromatic rings. The van der Waals surface area contributed by atoms with Gasteiger partial charge in [0, 0.05) is 46.9 Å². The SMILES string of the molecule is O=C(Nc1cccc(CN2CCSCC2)c1)c1cc2c(F)cccc2s1. The van der Waals surface area contributed by atoms with Crippen LogP contribution in [0.3, 0.4) is 0 Å².